The van der Waals surface area contributed by atoms with Gasteiger partial charge in [0.25, 0.3) is 7.48 Å². The summed E-state index contributed by atoms with van der Waals surface area (Å²) in [5.74, 6) is 0. The number of hydrogen-bond donors (Lipinski definition) is 0. The Hall–Kier alpha value is 0.242. The van der Waals surface area contributed by atoms with Crippen molar-refractivity contribution < 1.29 is 4.34 Å². The summed E-state index contributed by atoms with van der Waals surface area (Å²) in [7, 11) is -0.286. The molecule has 0 aromatic rings. The monoisotopic (exact) mass is 116 g/mol. The van der Waals surface area contributed by atoms with Crippen LogP contribution in [0.25, 0.3) is 0 Å². The zero-order chi connectivity index (χ0) is 5.91. The first-order valence-corrected chi connectivity index (χ1v) is 6.11. The van der Waals surface area contributed by atoms with Crippen molar-refractivity contribution >= 4 is 15.8 Å². The highest BCUT2D eigenvalue weighted by atomic mass is 28.4. The molecular weight excluding hydrogens is 103 g/mol. The van der Waals surface area contributed by atoms with Crippen molar-refractivity contribution in [3.8, 4) is 0 Å². The average Bonchev–Trinajstić information content (AvgIpc) is 1.30. The maximum atomic E-state index is 5.37. The fraction of sp³-hybridized carbons (Fsp3) is 1.00. The first-order chi connectivity index (χ1) is 3.06. The van der Waals surface area contributed by atoms with E-state index in [2.05, 4.69) is 19.6 Å². The van der Waals surface area contributed by atoms with E-state index in [1.807, 2.05) is 6.82 Å². The van der Waals surface area contributed by atoms with Crippen LogP contribution in [-0.2, 0) is 4.34 Å². The van der Waals surface area contributed by atoms with E-state index in [1.54, 1.807) is 0 Å². The lowest BCUT2D eigenvalue weighted by atomic mass is 10.1. The summed E-state index contributed by atoms with van der Waals surface area (Å²) in [4.78, 5) is 0. The van der Waals surface area contributed by atoms with Crippen molar-refractivity contribution in [3.63, 3.8) is 0 Å². The van der Waals surface area contributed by atoms with Crippen LogP contribution in [0.4, 0.5) is 0 Å². The first-order valence-electron chi connectivity index (χ1n) is 2.70. The maximum Gasteiger partial charge on any atom is 0.258 e. The molecule has 1 nitrogen and oxygen atoms in total. The van der Waals surface area contributed by atoms with E-state index < -0.39 is 8.32 Å². The van der Waals surface area contributed by atoms with E-state index in [0.717, 1.165) is 7.48 Å². The minimum absolute atomic E-state index is 0.871. The van der Waals surface area contributed by atoms with Crippen molar-refractivity contribution in [2.45, 2.75) is 26.5 Å². The van der Waals surface area contributed by atoms with Gasteiger partial charge in [0.2, 0.25) is 0 Å². The number of rotatable bonds is 2. The molecule has 0 fully saturated rings. The van der Waals surface area contributed by atoms with Gasteiger partial charge >= 0.3 is 0 Å². The second-order valence-corrected chi connectivity index (χ2v) is 7.06. The zero-order valence-electron chi connectivity index (χ0n) is 5.62. The topological polar surface area (TPSA) is 9.23 Å². The standard InChI is InChI=1S/C4H13BOSi/c1-5-6-7(2,3)4/h5H,1-4H3. The maximum absolute atomic E-state index is 5.37. The van der Waals surface area contributed by atoms with Gasteiger partial charge in [0.05, 0.1) is 0 Å². The summed E-state index contributed by atoms with van der Waals surface area (Å²) in [5, 5.41) is 0. The molecule has 0 spiro atoms. The molecule has 0 aliphatic rings. The number of hydrogen-bond acceptors (Lipinski definition) is 1. The SMILES string of the molecule is CBO[Si](C)(C)C. The molecule has 42 valence electrons. The van der Waals surface area contributed by atoms with Gasteiger partial charge in [-0.05, 0) is 19.6 Å². The van der Waals surface area contributed by atoms with Crippen LogP contribution in [0.2, 0.25) is 26.5 Å². The smallest absolute Gasteiger partial charge is 0.258 e. The lowest BCUT2D eigenvalue weighted by molar-refractivity contribution is 0.603. The molecule has 0 amide bonds. The fourth-order valence-corrected chi connectivity index (χ4v) is 1.30. The van der Waals surface area contributed by atoms with Crippen molar-refractivity contribution in [2.24, 2.45) is 0 Å². The summed E-state index contributed by atoms with van der Waals surface area (Å²) in [6.07, 6.45) is 0. The highest BCUT2D eigenvalue weighted by molar-refractivity contribution is 6.73. The van der Waals surface area contributed by atoms with Crippen LogP contribution >= 0.6 is 0 Å². The molecule has 0 bridgehead atoms. The average molecular weight is 116 g/mol. The molecule has 0 atom stereocenters. The van der Waals surface area contributed by atoms with Gasteiger partial charge in [0.15, 0.2) is 8.32 Å². The third kappa shape index (κ3) is 6.24. The Morgan fingerprint density at radius 1 is 1.29 bits per heavy atom. The van der Waals surface area contributed by atoms with Gasteiger partial charge in [0.1, 0.15) is 0 Å². The first kappa shape index (κ1) is 7.24. The van der Waals surface area contributed by atoms with E-state index in [-0.39, 0.29) is 0 Å². The van der Waals surface area contributed by atoms with Crippen LogP contribution in [0, 0.1) is 0 Å². The van der Waals surface area contributed by atoms with Gasteiger partial charge in [-0.15, -0.1) is 0 Å². The van der Waals surface area contributed by atoms with E-state index in [4.69, 9.17) is 4.34 Å². The van der Waals surface area contributed by atoms with Gasteiger partial charge < -0.3 is 4.34 Å². The Labute approximate surface area is 47.5 Å². The largest absolute Gasteiger partial charge is 0.480 e. The van der Waals surface area contributed by atoms with Crippen LogP contribution in [0.15, 0.2) is 0 Å². The Morgan fingerprint density at radius 3 is 1.71 bits per heavy atom. The van der Waals surface area contributed by atoms with E-state index >= 15 is 0 Å². The highest BCUT2D eigenvalue weighted by Crippen LogP contribution is 1.99. The van der Waals surface area contributed by atoms with E-state index in [0.29, 0.717) is 0 Å². The summed E-state index contributed by atoms with van der Waals surface area (Å²) in [6.45, 7) is 8.61. The lowest BCUT2D eigenvalue weighted by Crippen LogP contribution is -2.26. The molecule has 0 aromatic heterocycles. The molecule has 0 saturated heterocycles. The van der Waals surface area contributed by atoms with Crippen LogP contribution in [0.1, 0.15) is 0 Å². The minimum Gasteiger partial charge on any atom is -0.480 e. The molecule has 0 aliphatic carbocycles. The minimum atomic E-state index is -1.16. The Balaban J connectivity index is 3.15. The summed E-state index contributed by atoms with van der Waals surface area (Å²) >= 11 is 0. The third-order valence-electron chi connectivity index (χ3n) is 0.577. The van der Waals surface area contributed by atoms with Gasteiger partial charge in [-0.1, -0.05) is 6.82 Å². The Bertz CT molecular complexity index is 50.1. The molecular formula is C4H13BOSi. The van der Waals surface area contributed by atoms with Crippen LogP contribution < -0.4 is 0 Å². The third-order valence-corrected chi connectivity index (χ3v) is 1.73. The van der Waals surface area contributed by atoms with Crippen molar-refractivity contribution in [2.75, 3.05) is 0 Å². The van der Waals surface area contributed by atoms with Gasteiger partial charge in [0, 0.05) is 0 Å². The molecule has 0 N–H and O–H groups in total. The van der Waals surface area contributed by atoms with E-state index in [1.165, 1.54) is 0 Å². The molecule has 0 rings (SSSR count). The van der Waals surface area contributed by atoms with Crippen molar-refractivity contribution in [1.29, 1.82) is 0 Å². The fourth-order valence-electron chi connectivity index (χ4n) is 0.433. The van der Waals surface area contributed by atoms with Crippen molar-refractivity contribution in [1.82, 2.24) is 0 Å². The highest BCUT2D eigenvalue weighted by Gasteiger charge is 2.10. The second-order valence-electron chi connectivity index (χ2n) is 2.55. The summed E-state index contributed by atoms with van der Waals surface area (Å²) in [6, 6.07) is 0. The van der Waals surface area contributed by atoms with Gasteiger partial charge in [-0.3, -0.25) is 0 Å². The van der Waals surface area contributed by atoms with Crippen LogP contribution in [0.5, 0.6) is 0 Å². The summed E-state index contributed by atoms with van der Waals surface area (Å²) < 4.78 is 5.37. The summed E-state index contributed by atoms with van der Waals surface area (Å²) in [5.41, 5.74) is 0. The van der Waals surface area contributed by atoms with Crippen molar-refractivity contribution in [3.05, 3.63) is 0 Å². The zero-order valence-corrected chi connectivity index (χ0v) is 6.62. The predicted octanol–water partition coefficient (Wildman–Crippen LogP) is 1.24. The van der Waals surface area contributed by atoms with Gasteiger partial charge in [-0.2, -0.15) is 0 Å². The second kappa shape index (κ2) is 2.52. The Morgan fingerprint density at radius 2 is 1.71 bits per heavy atom. The quantitative estimate of drug-likeness (QED) is 0.493. The molecule has 0 aromatic carbocycles. The molecule has 0 unspecified atom stereocenters. The Kier molecular flexibility index (Phi) is 2.61. The molecule has 0 radical (unpaired) electrons. The van der Waals surface area contributed by atoms with Crippen LogP contribution in [0.3, 0.4) is 0 Å². The van der Waals surface area contributed by atoms with Gasteiger partial charge in [-0.25, -0.2) is 0 Å². The lowest BCUT2D eigenvalue weighted by Gasteiger charge is -2.14. The van der Waals surface area contributed by atoms with Crippen LogP contribution in [-0.4, -0.2) is 15.8 Å². The normalized spacial score (nSPS) is 11.4. The van der Waals surface area contributed by atoms with E-state index in [9.17, 15) is 0 Å². The molecule has 0 aliphatic heterocycles. The predicted molar refractivity (Wildman–Crippen MR) is 37.4 cm³/mol. The molecule has 3 heteroatoms. The molecule has 7 heavy (non-hydrogen) atoms. The molecule has 0 saturated carbocycles. The molecule has 0 heterocycles.